The van der Waals surface area contributed by atoms with E-state index in [4.69, 9.17) is 0 Å². The Kier molecular flexibility index (Phi) is 6.09. The monoisotopic (exact) mass is 431 g/mol. The van der Waals surface area contributed by atoms with Crippen LogP contribution in [0, 0.1) is 11.8 Å². The van der Waals surface area contributed by atoms with Gasteiger partial charge in [-0.3, -0.25) is 0 Å². The normalized spacial score (nSPS) is 11.1. The van der Waals surface area contributed by atoms with Crippen molar-refractivity contribution >= 4 is 0 Å². The van der Waals surface area contributed by atoms with Gasteiger partial charge in [-0.15, -0.1) is 5.10 Å². The Morgan fingerprint density at radius 1 is 0.812 bits per heavy atom. The fourth-order valence-electron chi connectivity index (χ4n) is 3.24. The fourth-order valence-corrected chi connectivity index (χ4v) is 3.24. The average molecular weight is 431 g/mol. The Morgan fingerprint density at radius 3 is 1.97 bits per heavy atom. The molecule has 3 nitrogen and oxygen atoms in total. The highest BCUT2D eigenvalue weighted by atomic mass is 19.4. The third-order valence-electron chi connectivity index (χ3n) is 4.98. The lowest BCUT2D eigenvalue weighted by Gasteiger charge is -2.05. The van der Waals surface area contributed by atoms with Gasteiger partial charge in [-0.1, -0.05) is 54.7 Å². The summed E-state index contributed by atoms with van der Waals surface area (Å²) in [4.78, 5) is 0. The molecule has 0 saturated heterocycles. The number of aromatic nitrogens is 3. The number of alkyl halides is 3. The van der Waals surface area contributed by atoms with Gasteiger partial charge < -0.3 is 0 Å². The number of aryl methyl sites for hydroxylation is 1. The van der Waals surface area contributed by atoms with Crippen molar-refractivity contribution in [3.8, 4) is 28.8 Å². The van der Waals surface area contributed by atoms with E-state index in [1.165, 1.54) is 17.7 Å². The lowest BCUT2D eigenvalue weighted by molar-refractivity contribution is -0.137. The van der Waals surface area contributed by atoms with E-state index < -0.39 is 11.7 Å². The summed E-state index contributed by atoms with van der Waals surface area (Å²) < 4.78 is 39.6. The summed E-state index contributed by atoms with van der Waals surface area (Å²) in [5.41, 5.74) is 4.53. The number of hydrogen-bond acceptors (Lipinski definition) is 2. The third kappa shape index (κ3) is 5.06. The largest absolute Gasteiger partial charge is 0.416 e. The molecule has 0 aliphatic heterocycles. The van der Waals surface area contributed by atoms with Gasteiger partial charge in [0.25, 0.3) is 0 Å². The maximum Gasteiger partial charge on any atom is 0.416 e. The van der Waals surface area contributed by atoms with E-state index in [1.807, 2.05) is 30.5 Å². The first-order valence-electron chi connectivity index (χ1n) is 10.2. The minimum absolute atomic E-state index is 0.521. The summed E-state index contributed by atoms with van der Waals surface area (Å²) in [5, 5.41) is 8.48. The van der Waals surface area contributed by atoms with E-state index in [0.29, 0.717) is 5.56 Å². The summed E-state index contributed by atoms with van der Waals surface area (Å²) in [6.45, 7) is 2.16. The topological polar surface area (TPSA) is 30.7 Å². The lowest BCUT2D eigenvalue weighted by atomic mass is 10.1. The highest BCUT2D eigenvalue weighted by Crippen LogP contribution is 2.29. The number of rotatable bonds is 4. The van der Waals surface area contributed by atoms with E-state index in [2.05, 4.69) is 53.3 Å². The van der Waals surface area contributed by atoms with Crippen LogP contribution in [0.3, 0.4) is 0 Å². The fraction of sp³-hybridized carbons (Fsp3) is 0.154. The maximum absolute atomic E-state index is 12.6. The zero-order chi connectivity index (χ0) is 22.6. The molecule has 3 aromatic carbocycles. The minimum Gasteiger partial charge on any atom is -0.220 e. The highest BCUT2D eigenvalue weighted by molar-refractivity contribution is 5.58. The van der Waals surface area contributed by atoms with E-state index in [1.54, 1.807) is 4.68 Å². The molecule has 0 atom stereocenters. The van der Waals surface area contributed by atoms with Crippen molar-refractivity contribution in [1.82, 2.24) is 15.0 Å². The molecule has 0 amide bonds. The van der Waals surface area contributed by atoms with Crippen molar-refractivity contribution < 1.29 is 13.2 Å². The molecule has 0 aliphatic rings. The van der Waals surface area contributed by atoms with Gasteiger partial charge in [-0.05, 0) is 60.5 Å². The summed E-state index contributed by atoms with van der Waals surface area (Å²) in [6, 6.07) is 20.6. The second-order valence-electron chi connectivity index (χ2n) is 7.37. The predicted molar refractivity (Wildman–Crippen MR) is 118 cm³/mol. The molecular weight excluding hydrogens is 411 g/mol. The Bertz CT molecular complexity index is 1240. The van der Waals surface area contributed by atoms with Gasteiger partial charge in [0.15, 0.2) is 0 Å². The van der Waals surface area contributed by atoms with Crippen molar-refractivity contribution in [2.75, 3.05) is 0 Å². The van der Waals surface area contributed by atoms with Crippen molar-refractivity contribution in [3.63, 3.8) is 0 Å². The van der Waals surface area contributed by atoms with Crippen LogP contribution in [0.25, 0.3) is 16.9 Å². The Balaban J connectivity index is 1.46. The van der Waals surface area contributed by atoms with Crippen LogP contribution >= 0.6 is 0 Å². The van der Waals surface area contributed by atoms with Crippen LogP contribution in [0.4, 0.5) is 13.2 Å². The molecular formula is C26H20F3N3. The number of benzene rings is 3. The molecule has 0 fully saturated rings. The Labute approximate surface area is 184 Å². The van der Waals surface area contributed by atoms with Gasteiger partial charge in [-0.25, -0.2) is 4.68 Å². The first kappa shape index (κ1) is 21.4. The molecule has 0 spiro atoms. The molecule has 4 rings (SSSR count). The standard InChI is InChI=1S/C26H20F3N3/c1-2-3-19-6-12-22(13-7-19)25-18-32(31-30-25)24-16-10-21(11-17-24)5-4-20-8-14-23(15-9-20)26(27,28)29/h6-18H,2-3H2,1H3. The second kappa shape index (κ2) is 9.11. The summed E-state index contributed by atoms with van der Waals surface area (Å²) >= 11 is 0. The molecule has 6 heteroatoms. The van der Waals surface area contributed by atoms with Crippen LogP contribution in [0.1, 0.15) is 35.6 Å². The number of halogens is 3. The van der Waals surface area contributed by atoms with Crippen LogP contribution in [-0.2, 0) is 12.6 Å². The average Bonchev–Trinajstić information content (AvgIpc) is 3.29. The molecule has 160 valence electrons. The van der Waals surface area contributed by atoms with Gasteiger partial charge in [0.1, 0.15) is 5.69 Å². The molecule has 0 aliphatic carbocycles. The zero-order valence-corrected chi connectivity index (χ0v) is 17.4. The van der Waals surface area contributed by atoms with Crippen LogP contribution in [0.15, 0.2) is 79.0 Å². The molecule has 1 heterocycles. The highest BCUT2D eigenvalue weighted by Gasteiger charge is 2.29. The van der Waals surface area contributed by atoms with E-state index in [0.717, 1.165) is 47.5 Å². The van der Waals surface area contributed by atoms with Gasteiger partial charge in [0.05, 0.1) is 17.4 Å². The quantitative estimate of drug-likeness (QED) is 0.355. The Morgan fingerprint density at radius 2 is 1.41 bits per heavy atom. The Hall–Kier alpha value is -3.85. The zero-order valence-electron chi connectivity index (χ0n) is 17.4. The van der Waals surface area contributed by atoms with Crippen LogP contribution < -0.4 is 0 Å². The second-order valence-corrected chi connectivity index (χ2v) is 7.37. The molecule has 0 unspecified atom stereocenters. The SMILES string of the molecule is CCCc1ccc(-c2cn(-c3ccc(C#Cc4ccc(C(F)(F)F)cc4)cc3)nn2)cc1. The van der Waals surface area contributed by atoms with Gasteiger partial charge in [0, 0.05) is 16.7 Å². The molecule has 4 aromatic rings. The van der Waals surface area contributed by atoms with E-state index in [9.17, 15) is 13.2 Å². The molecule has 0 bridgehead atoms. The minimum atomic E-state index is -4.35. The summed E-state index contributed by atoms with van der Waals surface area (Å²) in [5.74, 6) is 5.85. The van der Waals surface area contributed by atoms with E-state index in [-0.39, 0.29) is 0 Å². The van der Waals surface area contributed by atoms with Gasteiger partial charge in [-0.2, -0.15) is 13.2 Å². The predicted octanol–water partition coefficient (Wildman–Crippen LogP) is 6.31. The third-order valence-corrected chi connectivity index (χ3v) is 4.98. The van der Waals surface area contributed by atoms with Gasteiger partial charge in [0.2, 0.25) is 0 Å². The molecule has 32 heavy (non-hydrogen) atoms. The number of hydrogen-bond donors (Lipinski definition) is 0. The number of nitrogens with zero attached hydrogens (tertiary/aromatic N) is 3. The van der Waals surface area contributed by atoms with Crippen molar-refractivity contribution in [2.45, 2.75) is 25.9 Å². The maximum atomic E-state index is 12.6. The molecule has 0 radical (unpaired) electrons. The van der Waals surface area contributed by atoms with Crippen LogP contribution in [0.2, 0.25) is 0 Å². The van der Waals surface area contributed by atoms with Crippen molar-refractivity contribution in [1.29, 1.82) is 0 Å². The summed E-state index contributed by atoms with van der Waals surface area (Å²) in [6.07, 6.45) is -0.305. The van der Waals surface area contributed by atoms with Crippen molar-refractivity contribution in [2.24, 2.45) is 0 Å². The molecule has 0 saturated carbocycles. The first-order chi connectivity index (χ1) is 15.4. The molecule has 0 N–H and O–H groups in total. The van der Waals surface area contributed by atoms with Crippen LogP contribution in [0.5, 0.6) is 0 Å². The smallest absolute Gasteiger partial charge is 0.220 e. The van der Waals surface area contributed by atoms with Crippen LogP contribution in [-0.4, -0.2) is 15.0 Å². The van der Waals surface area contributed by atoms with Crippen molar-refractivity contribution in [3.05, 3.63) is 101 Å². The van der Waals surface area contributed by atoms with E-state index >= 15 is 0 Å². The molecule has 1 aromatic heterocycles. The lowest BCUT2D eigenvalue weighted by Crippen LogP contribution is -2.04. The first-order valence-corrected chi connectivity index (χ1v) is 10.2. The summed E-state index contributed by atoms with van der Waals surface area (Å²) in [7, 11) is 0. The van der Waals surface area contributed by atoms with Gasteiger partial charge >= 0.3 is 6.18 Å².